The van der Waals surface area contributed by atoms with Crippen LogP contribution in [0, 0.1) is 0 Å². The second-order valence-corrected chi connectivity index (χ2v) is 4.83. The molecule has 1 aromatic carbocycles. The summed E-state index contributed by atoms with van der Waals surface area (Å²) < 4.78 is 0. The summed E-state index contributed by atoms with van der Waals surface area (Å²) in [7, 11) is 0. The molecule has 0 aromatic heterocycles. The molecule has 3 heteroatoms. The fourth-order valence-corrected chi connectivity index (χ4v) is 2.45. The number of carbonyl (C=O) groups excluding carboxylic acids is 1. The van der Waals surface area contributed by atoms with E-state index in [1.807, 2.05) is 23.1 Å². The highest BCUT2D eigenvalue weighted by molar-refractivity contribution is 6.17. The summed E-state index contributed by atoms with van der Waals surface area (Å²) in [5.74, 6) is 0.911. The third-order valence-corrected chi connectivity index (χ3v) is 3.51. The van der Waals surface area contributed by atoms with E-state index in [1.165, 1.54) is 5.56 Å². The van der Waals surface area contributed by atoms with Crippen molar-refractivity contribution in [3.8, 4) is 0 Å². The van der Waals surface area contributed by atoms with Crippen molar-refractivity contribution >= 4 is 17.5 Å². The zero-order valence-electron chi connectivity index (χ0n) is 9.99. The van der Waals surface area contributed by atoms with E-state index in [0.717, 1.165) is 50.2 Å². The number of carbonyl (C=O) groups is 1. The molecule has 1 aliphatic heterocycles. The highest BCUT2D eigenvalue weighted by Gasteiger charge is 2.22. The second-order valence-electron chi connectivity index (χ2n) is 4.45. The standard InChI is InChI=1S/C14H18ClNO/c15-9-4-1-5-10-16-11-8-12-6-2-3-7-13(12)14(16)17/h2-3,6-7H,1,4-5,8-11H2. The number of unbranched alkanes of at least 4 members (excludes halogenated alkanes) is 2. The molecule has 92 valence electrons. The number of rotatable bonds is 5. The van der Waals surface area contributed by atoms with Gasteiger partial charge in [0, 0.05) is 24.5 Å². The first-order valence-electron chi connectivity index (χ1n) is 6.26. The maximum atomic E-state index is 12.2. The topological polar surface area (TPSA) is 20.3 Å². The summed E-state index contributed by atoms with van der Waals surface area (Å²) in [5, 5.41) is 0. The van der Waals surface area contributed by atoms with Crippen molar-refractivity contribution in [3.05, 3.63) is 35.4 Å². The lowest BCUT2D eigenvalue weighted by molar-refractivity contribution is 0.0737. The lowest BCUT2D eigenvalue weighted by Crippen LogP contribution is -2.38. The Morgan fingerprint density at radius 1 is 1.18 bits per heavy atom. The van der Waals surface area contributed by atoms with Gasteiger partial charge in [-0.1, -0.05) is 24.6 Å². The van der Waals surface area contributed by atoms with E-state index in [2.05, 4.69) is 6.07 Å². The van der Waals surface area contributed by atoms with Crippen molar-refractivity contribution in [3.63, 3.8) is 0 Å². The van der Waals surface area contributed by atoms with Crippen molar-refractivity contribution < 1.29 is 4.79 Å². The summed E-state index contributed by atoms with van der Waals surface area (Å²) in [4.78, 5) is 14.1. The number of nitrogens with zero attached hydrogens (tertiary/aromatic N) is 1. The van der Waals surface area contributed by atoms with Gasteiger partial charge in [0.2, 0.25) is 0 Å². The van der Waals surface area contributed by atoms with Crippen LogP contribution < -0.4 is 0 Å². The van der Waals surface area contributed by atoms with Crippen molar-refractivity contribution in [2.45, 2.75) is 25.7 Å². The Morgan fingerprint density at radius 2 is 2.00 bits per heavy atom. The number of amides is 1. The van der Waals surface area contributed by atoms with Gasteiger partial charge in [0.15, 0.2) is 0 Å². The normalized spacial score (nSPS) is 14.9. The van der Waals surface area contributed by atoms with Crippen LogP contribution in [-0.4, -0.2) is 29.8 Å². The van der Waals surface area contributed by atoms with Crippen molar-refractivity contribution in [1.29, 1.82) is 0 Å². The number of halogens is 1. The number of hydrogen-bond acceptors (Lipinski definition) is 1. The fraction of sp³-hybridized carbons (Fsp3) is 0.500. The minimum atomic E-state index is 0.192. The molecular weight excluding hydrogens is 234 g/mol. The molecule has 0 bridgehead atoms. The predicted octanol–water partition coefficient (Wildman–Crippen LogP) is 3.09. The average molecular weight is 252 g/mol. The molecule has 0 aliphatic carbocycles. The Kier molecular flexibility index (Phi) is 4.43. The third kappa shape index (κ3) is 3.01. The minimum absolute atomic E-state index is 0.192. The van der Waals surface area contributed by atoms with Gasteiger partial charge in [-0.2, -0.15) is 0 Å². The Balaban J connectivity index is 1.93. The average Bonchev–Trinajstić information content (AvgIpc) is 2.37. The number of alkyl halides is 1. The van der Waals surface area contributed by atoms with E-state index in [1.54, 1.807) is 0 Å². The number of hydrogen-bond donors (Lipinski definition) is 0. The molecule has 0 fully saturated rings. The molecular formula is C14H18ClNO. The van der Waals surface area contributed by atoms with Crippen molar-refractivity contribution in [2.75, 3.05) is 19.0 Å². The quantitative estimate of drug-likeness (QED) is 0.582. The molecule has 0 spiro atoms. The predicted molar refractivity (Wildman–Crippen MR) is 70.6 cm³/mol. The van der Waals surface area contributed by atoms with Gasteiger partial charge in [0.25, 0.3) is 5.91 Å². The highest BCUT2D eigenvalue weighted by atomic mass is 35.5. The lowest BCUT2D eigenvalue weighted by atomic mass is 9.99. The summed E-state index contributed by atoms with van der Waals surface area (Å²) in [5.41, 5.74) is 2.07. The van der Waals surface area contributed by atoms with Gasteiger partial charge >= 0.3 is 0 Å². The molecule has 0 N–H and O–H groups in total. The maximum absolute atomic E-state index is 12.2. The summed E-state index contributed by atoms with van der Waals surface area (Å²) in [6.07, 6.45) is 4.19. The van der Waals surface area contributed by atoms with Crippen molar-refractivity contribution in [1.82, 2.24) is 4.90 Å². The van der Waals surface area contributed by atoms with Gasteiger partial charge < -0.3 is 4.90 Å². The maximum Gasteiger partial charge on any atom is 0.254 e. The summed E-state index contributed by atoms with van der Waals surface area (Å²) in [6, 6.07) is 7.93. The molecule has 0 atom stereocenters. The largest absolute Gasteiger partial charge is 0.338 e. The van der Waals surface area contributed by atoms with E-state index in [9.17, 15) is 4.79 Å². The second kappa shape index (κ2) is 6.06. The van der Waals surface area contributed by atoms with E-state index >= 15 is 0 Å². The molecule has 17 heavy (non-hydrogen) atoms. The first kappa shape index (κ1) is 12.4. The van der Waals surface area contributed by atoms with Crippen LogP contribution in [0.25, 0.3) is 0 Å². The van der Waals surface area contributed by atoms with Crippen LogP contribution in [0.4, 0.5) is 0 Å². The van der Waals surface area contributed by atoms with E-state index in [-0.39, 0.29) is 5.91 Å². The number of benzene rings is 1. The van der Waals surface area contributed by atoms with Gasteiger partial charge in [-0.25, -0.2) is 0 Å². The van der Waals surface area contributed by atoms with Crippen LogP contribution in [0.3, 0.4) is 0 Å². The molecule has 0 radical (unpaired) electrons. The van der Waals surface area contributed by atoms with Crippen LogP contribution in [0.5, 0.6) is 0 Å². The molecule has 2 rings (SSSR count). The highest BCUT2D eigenvalue weighted by Crippen LogP contribution is 2.18. The Hall–Kier alpha value is -1.02. The van der Waals surface area contributed by atoms with Crippen LogP contribution in [-0.2, 0) is 6.42 Å². The molecule has 2 nitrogen and oxygen atoms in total. The first-order valence-corrected chi connectivity index (χ1v) is 6.79. The van der Waals surface area contributed by atoms with Gasteiger partial charge in [0.1, 0.15) is 0 Å². The Morgan fingerprint density at radius 3 is 2.82 bits per heavy atom. The van der Waals surface area contributed by atoms with Crippen LogP contribution in [0.15, 0.2) is 24.3 Å². The smallest absolute Gasteiger partial charge is 0.254 e. The molecule has 1 aromatic rings. The zero-order chi connectivity index (χ0) is 12.1. The SMILES string of the molecule is O=C1c2ccccc2CCN1CCCCCCl. The Labute approximate surface area is 108 Å². The first-order chi connectivity index (χ1) is 8.33. The molecule has 0 saturated heterocycles. The van der Waals surface area contributed by atoms with Crippen LogP contribution in [0.1, 0.15) is 35.2 Å². The molecule has 1 amide bonds. The molecule has 1 aliphatic rings. The third-order valence-electron chi connectivity index (χ3n) is 3.25. The van der Waals surface area contributed by atoms with Gasteiger partial charge in [-0.05, 0) is 30.9 Å². The monoisotopic (exact) mass is 251 g/mol. The fourth-order valence-electron chi connectivity index (χ4n) is 2.26. The van der Waals surface area contributed by atoms with Crippen molar-refractivity contribution in [2.24, 2.45) is 0 Å². The van der Waals surface area contributed by atoms with Gasteiger partial charge in [0.05, 0.1) is 0 Å². The van der Waals surface area contributed by atoms with Crippen LogP contribution >= 0.6 is 11.6 Å². The zero-order valence-corrected chi connectivity index (χ0v) is 10.7. The van der Waals surface area contributed by atoms with E-state index < -0.39 is 0 Å². The summed E-state index contributed by atoms with van der Waals surface area (Å²) in [6.45, 7) is 1.72. The molecule has 1 heterocycles. The van der Waals surface area contributed by atoms with E-state index in [4.69, 9.17) is 11.6 Å². The van der Waals surface area contributed by atoms with Crippen LogP contribution in [0.2, 0.25) is 0 Å². The van der Waals surface area contributed by atoms with E-state index in [0.29, 0.717) is 0 Å². The summed E-state index contributed by atoms with van der Waals surface area (Å²) >= 11 is 5.64. The van der Waals surface area contributed by atoms with Gasteiger partial charge in [-0.3, -0.25) is 4.79 Å². The number of fused-ring (bicyclic) bond motifs is 1. The lowest BCUT2D eigenvalue weighted by Gasteiger charge is -2.28. The molecule has 0 unspecified atom stereocenters. The Bertz CT molecular complexity index is 392. The van der Waals surface area contributed by atoms with Gasteiger partial charge in [-0.15, -0.1) is 11.6 Å². The minimum Gasteiger partial charge on any atom is -0.338 e. The molecule has 0 saturated carbocycles.